The van der Waals surface area contributed by atoms with Crippen molar-refractivity contribution in [2.75, 3.05) is 32.7 Å². The van der Waals surface area contributed by atoms with Gasteiger partial charge >= 0.3 is 0 Å². The van der Waals surface area contributed by atoms with Gasteiger partial charge < -0.3 is 22.1 Å². The van der Waals surface area contributed by atoms with Crippen molar-refractivity contribution in [1.82, 2.24) is 10.6 Å². The number of benzene rings is 1. The molecule has 0 spiro atoms. The van der Waals surface area contributed by atoms with Crippen LogP contribution >= 0.6 is 0 Å². The van der Waals surface area contributed by atoms with Crippen LogP contribution in [-0.4, -0.2) is 44.4 Å². The van der Waals surface area contributed by atoms with Crippen molar-refractivity contribution in [3.63, 3.8) is 0 Å². The minimum atomic E-state index is -0.168. The molecular formula is C23H40N6. The Morgan fingerprint density at radius 1 is 0.897 bits per heavy atom. The Kier molecular flexibility index (Phi) is 11.4. The number of hydrogen-bond donors (Lipinski definition) is 5. The molecule has 0 bridgehead atoms. The number of aliphatic imine (C=N–C) groups is 1. The van der Waals surface area contributed by atoms with Crippen LogP contribution < -0.4 is 22.1 Å². The van der Waals surface area contributed by atoms with Gasteiger partial charge in [-0.3, -0.25) is 10.4 Å². The van der Waals surface area contributed by atoms with Crippen LogP contribution in [0.5, 0.6) is 0 Å². The minimum Gasteiger partial charge on any atom is -0.381 e. The molecule has 2 heterocycles. The minimum absolute atomic E-state index is 0.112. The van der Waals surface area contributed by atoms with Crippen molar-refractivity contribution < 1.29 is 0 Å². The lowest BCUT2D eigenvalue weighted by molar-refractivity contribution is 0.304. The van der Waals surface area contributed by atoms with Gasteiger partial charge in [0, 0.05) is 6.54 Å². The molecule has 2 aliphatic heterocycles. The van der Waals surface area contributed by atoms with Crippen LogP contribution in [0.25, 0.3) is 0 Å². The fourth-order valence-corrected chi connectivity index (χ4v) is 4.07. The van der Waals surface area contributed by atoms with E-state index in [-0.39, 0.29) is 11.7 Å². The van der Waals surface area contributed by atoms with E-state index in [1.165, 1.54) is 76.7 Å². The first-order valence-corrected chi connectivity index (χ1v) is 11.2. The van der Waals surface area contributed by atoms with Crippen molar-refractivity contribution in [3.05, 3.63) is 35.9 Å². The molecule has 2 saturated heterocycles. The van der Waals surface area contributed by atoms with Crippen molar-refractivity contribution in [3.8, 4) is 0 Å². The zero-order valence-electron chi connectivity index (χ0n) is 17.8. The van der Waals surface area contributed by atoms with Gasteiger partial charge in [0.1, 0.15) is 0 Å². The van der Waals surface area contributed by atoms with Crippen LogP contribution in [0, 0.1) is 17.2 Å². The van der Waals surface area contributed by atoms with Gasteiger partial charge in [0.25, 0.3) is 0 Å². The molecule has 2 fully saturated rings. The molecule has 29 heavy (non-hydrogen) atoms. The summed E-state index contributed by atoms with van der Waals surface area (Å²) < 4.78 is 0. The topological polar surface area (TPSA) is 112 Å². The van der Waals surface area contributed by atoms with Crippen LogP contribution in [0.15, 0.2) is 35.3 Å². The first kappa shape index (κ1) is 23.4. The summed E-state index contributed by atoms with van der Waals surface area (Å²) in [6.07, 6.45) is 11.0. The molecule has 6 nitrogen and oxygen atoms in total. The Morgan fingerprint density at radius 3 is 1.90 bits per heavy atom. The molecule has 2 aliphatic rings. The molecule has 1 aromatic rings. The maximum atomic E-state index is 7.01. The summed E-state index contributed by atoms with van der Waals surface area (Å²) in [4.78, 5) is 3.96. The summed E-state index contributed by atoms with van der Waals surface area (Å²) in [7, 11) is 0. The van der Waals surface area contributed by atoms with E-state index in [0.29, 0.717) is 6.54 Å². The van der Waals surface area contributed by atoms with Crippen LogP contribution in [0.3, 0.4) is 0 Å². The predicted molar refractivity (Wildman–Crippen MR) is 124 cm³/mol. The smallest absolute Gasteiger partial charge is 0.161 e. The third kappa shape index (κ3) is 10.4. The van der Waals surface area contributed by atoms with Gasteiger partial charge in [0.2, 0.25) is 0 Å². The monoisotopic (exact) mass is 400 g/mol. The van der Waals surface area contributed by atoms with E-state index in [1.807, 2.05) is 30.3 Å². The highest BCUT2D eigenvalue weighted by molar-refractivity contribution is 6.37. The summed E-state index contributed by atoms with van der Waals surface area (Å²) in [5.41, 5.74) is 11.7. The second-order valence-electron chi connectivity index (χ2n) is 8.23. The number of rotatable bonds is 7. The maximum Gasteiger partial charge on any atom is 0.161 e. The Morgan fingerprint density at radius 2 is 1.41 bits per heavy atom. The number of nitrogens with zero attached hydrogens (tertiary/aromatic N) is 1. The average molecular weight is 401 g/mol. The van der Waals surface area contributed by atoms with Crippen molar-refractivity contribution in [2.45, 2.75) is 51.4 Å². The van der Waals surface area contributed by atoms with E-state index < -0.39 is 0 Å². The Labute approximate surface area is 176 Å². The van der Waals surface area contributed by atoms with Crippen molar-refractivity contribution in [2.24, 2.45) is 28.3 Å². The highest BCUT2D eigenvalue weighted by atomic mass is 14.9. The largest absolute Gasteiger partial charge is 0.381 e. The molecule has 0 aromatic heterocycles. The SMILES string of the molecule is C(CC1CCNCC1)CC1CCNCC1.N=C(N)C(N)=NCCc1ccccc1. The molecule has 0 aliphatic carbocycles. The molecule has 0 radical (unpaired) electrons. The molecule has 1 aromatic carbocycles. The van der Waals surface area contributed by atoms with Crippen LogP contribution in [0.1, 0.15) is 50.5 Å². The van der Waals surface area contributed by atoms with Gasteiger partial charge in [-0.25, -0.2) is 0 Å². The zero-order chi connectivity index (χ0) is 20.7. The number of nitrogens with one attached hydrogen (secondary N) is 3. The third-order valence-electron chi connectivity index (χ3n) is 5.94. The highest BCUT2D eigenvalue weighted by Crippen LogP contribution is 2.23. The van der Waals surface area contributed by atoms with Crippen LogP contribution in [-0.2, 0) is 6.42 Å². The second-order valence-corrected chi connectivity index (χ2v) is 8.23. The fourth-order valence-electron chi connectivity index (χ4n) is 4.07. The lowest BCUT2D eigenvalue weighted by Gasteiger charge is -2.25. The summed E-state index contributed by atoms with van der Waals surface area (Å²) in [6.45, 7) is 5.61. The van der Waals surface area contributed by atoms with E-state index in [1.54, 1.807) is 0 Å². The highest BCUT2D eigenvalue weighted by Gasteiger charge is 2.15. The molecule has 7 N–H and O–H groups in total. The number of hydrogen-bond acceptors (Lipinski definition) is 4. The van der Waals surface area contributed by atoms with Crippen LogP contribution in [0.4, 0.5) is 0 Å². The lowest BCUT2D eigenvalue weighted by Crippen LogP contribution is -2.30. The van der Waals surface area contributed by atoms with Gasteiger partial charge in [-0.1, -0.05) is 49.6 Å². The van der Waals surface area contributed by atoms with Crippen molar-refractivity contribution in [1.29, 1.82) is 5.41 Å². The summed E-state index contributed by atoms with van der Waals surface area (Å²) in [5.74, 6) is 2.01. The maximum absolute atomic E-state index is 7.01. The molecule has 0 unspecified atom stereocenters. The molecule has 3 rings (SSSR count). The van der Waals surface area contributed by atoms with Gasteiger partial charge in [-0.2, -0.15) is 0 Å². The fraction of sp³-hybridized carbons (Fsp3) is 0.652. The first-order valence-electron chi connectivity index (χ1n) is 11.2. The van der Waals surface area contributed by atoms with Crippen molar-refractivity contribution >= 4 is 11.7 Å². The predicted octanol–water partition coefficient (Wildman–Crippen LogP) is 2.68. The van der Waals surface area contributed by atoms with Crippen LogP contribution in [0.2, 0.25) is 0 Å². The lowest BCUT2D eigenvalue weighted by atomic mass is 9.87. The molecular weight excluding hydrogens is 360 g/mol. The number of amidine groups is 2. The van der Waals surface area contributed by atoms with Gasteiger partial charge in [-0.15, -0.1) is 0 Å². The molecule has 6 heteroatoms. The van der Waals surface area contributed by atoms with E-state index in [4.69, 9.17) is 16.9 Å². The van der Waals surface area contributed by atoms with E-state index >= 15 is 0 Å². The third-order valence-corrected chi connectivity index (χ3v) is 5.94. The summed E-state index contributed by atoms with van der Waals surface area (Å²) in [6, 6.07) is 9.98. The number of piperidine rings is 2. The normalized spacial score (nSPS) is 18.7. The summed E-state index contributed by atoms with van der Waals surface area (Å²) in [5, 5.41) is 13.9. The van der Waals surface area contributed by atoms with Gasteiger partial charge in [-0.05, 0) is 75.7 Å². The standard InChI is InChI=1S/C13H26N2.C10H14N4/c1(2-12-4-8-14-9-5-12)3-13-6-10-15-11-7-13;11-9(12)10(13)14-7-6-8-4-2-1-3-5-8/h12-15H,1-11H2;1-5H,6-7H2,(H3,11,12)(H2,13,14). The quantitative estimate of drug-likeness (QED) is 0.358. The molecule has 0 saturated carbocycles. The van der Waals surface area contributed by atoms with E-state index in [0.717, 1.165) is 18.3 Å². The van der Waals surface area contributed by atoms with Gasteiger partial charge in [0.15, 0.2) is 11.7 Å². The molecule has 0 amide bonds. The molecule has 0 atom stereocenters. The first-order chi connectivity index (χ1) is 14.1. The summed E-state index contributed by atoms with van der Waals surface area (Å²) >= 11 is 0. The molecule has 162 valence electrons. The number of nitrogens with two attached hydrogens (primary N) is 2. The second kappa shape index (κ2) is 14.1. The Balaban J connectivity index is 0.000000208. The van der Waals surface area contributed by atoms with E-state index in [9.17, 15) is 0 Å². The van der Waals surface area contributed by atoms with Gasteiger partial charge in [0.05, 0.1) is 0 Å². The average Bonchev–Trinajstić information content (AvgIpc) is 2.76. The Hall–Kier alpha value is -1.92. The Bertz CT molecular complexity index is 571. The zero-order valence-corrected chi connectivity index (χ0v) is 17.8. The van der Waals surface area contributed by atoms with E-state index in [2.05, 4.69) is 15.6 Å².